The zero-order valence-electron chi connectivity index (χ0n) is 12.7. The molecule has 1 atom stereocenters. The molecule has 0 radical (unpaired) electrons. The number of nitrogens with one attached hydrogen (secondary N) is 2. The van der Waals surface area contributed by atoms with Crippen molar-refractivity contribution in [3.63, 3.8) is 0 Å². The maximum absolute atomic E-state index is 13.7. The van der Waals surface area contributed by atoms with Gasteiger partial charge < -0.3 is 10.6 Å². The van der Waals surface area contributed by atoms with E-state index in [1.165, 1.54) is 13.0 Å². The molecule has 0 bridgehead atoms. The first-order valence-electron chi connectivity index (χ1n) is 7.28. The van der Waals surface area contributed by atoms with E-state index >= 15 is 0 Å². The van der Waals surface area contributed by atoms with Crippen molar-refractivity contribution in [1.29, 1.82) is 0 Å². The molecule has 0 saturated carbocycles. The van der Waals surface area contributed by atoms with Crippen molar-refractivity contribution in [2.45, 2.75) is 39.7 Å². The second-order valence-electron chi connectivity index (χ2n) is 6.39. The van der Waals surface area contributed by atoms with Gasteiger partial charge in [0.15, 0.2) is 0 Å². The highest BCUT2D eigenvalue weighted by Crippen LogP contribution is 2.29. The van der Waals surface area contributed by atoms with Crippen LogP contribution in [0.25, 0.3) is 0 Å². The van der Waals surface area contributed by atoms with Gasteiger partial charge in [-0.3, -0.25) is 4.79 Å². The summed E-state index contributed by atoms with van der Waals surface area (Å²) >= 11 is 0. The summed E-state index contributed by atoms with van der Waals surface area (Å²) in [5, 5.41) is 6.13. The molecule has 5 heteroatoms. The lowest BCUT2D eigenvalue weighted by Crippen LogP contribution is -2.52. The molecule has 1 aliphatic heterocycles. The number of hydrogen-bond donors (Lipinski definition) is 2. The molecule has 21 heavy (non-hydrogen) atoms. The molecule has 2 N–H and O–H groups in total. The highest BCUT2D eigenvalue weighted by molar-refractivity contribution is 5.94. The number of halogens is 2. The monoisotopic (exact) mass is 296 g/mol. The van der Waals surface area contributed by atoms with Crippen molar-refractivity contribution in [1.82, 2.24) is 10.6 Å². The standard InChI is InChI=1S/C16H22F2N2O/c1-10-7-11(13(18)8-12(10)17)15(21)20-9-14-16(2,3)5-4-6-19-14/h7-8,14,19H,4-6,9H2,1-3H3,(H,20,21). The fourth-order valence-corrected chi connectivity index (χ4v) is 2.74. The number of carbonyl (C=O) groups is 1. The summed E-state index contributed by atoms with van der Waals surface area (Å²) in [6.07, 6.45) is 2.20. The van der Waals surface area contributed by atoms with Crippen LogP contribution in [0.5, 0.6) is 0 Å². The Morgan fingerprint density at radius 3 is 2.76 bits per heavy atom. The van der Waals surface area contributed by atoms with Crippen LogP contribution in [0.1, 0.15) is 42.6 Å². The Balaban J connectivity index is 2.03. The van der Waals surface area contributed by atoms with E-state index in [2.05, 4.69) is 24.5 Å². The maximum atomic E-state index is 13.7. The molecule has 2 rings (SSSR count). The molecule has 0 aromatic heterocycles. The van der Waals surface area contributed by atoms with E-state index in [1.807, 2.05) is 0 Å². The first-order chi connectivity index (χ1) is 9.81. The van der Waals surface area contributed by atoms with Gasteiger partial charge in [0.1, 0.15) is 11.6 Å². The third kappa shape index (κ3) is 3.59. The Kier molecular flexibility index (Phi) is 4.61. The summed E-state index contributed by atoms with van der Waals surface area (Å²) in [6.45, 7) is 7.17. The molecule has 1 aromatic carbocycles. The highest BCUT2D eigenvalue weighted by atomic mass is 19.1. The summed E-state index contributed by atoms with van der Waals surface area (Å²) in [5.41, 5.74) is 0.239. The summed E-state index contributed by atoms with van der Waals surface area (Å²) in [4.78, 5) is 12.1. The summed E-state index contributed by atoms with van der Waals surface area (Å²) in [7, 11) is 0. The lowest BCUT2D eigenvalue weighted by molar-refractivity contribution is 0.0924. The lowest BCUT2D eigenvalue weighted by Gasteiger charge is -2.39. The van der Waals surface area contributed by atoms with Crippen LogP contribution in [0.2, 0.25) is 0 Å². The van der Waals surface area contributed by atoms with E-state index in [0.29, 0.717) is 6.54 Å². The van der Waals surface area contributed by atoms with Gasteiger partial charge >= 0.3 is 0 Å². The predicted molar refractivity (Wildman–Crippen MR) is 78.2 cm³/mol. The second kappa shape index (κ2) is 6.10. The molecular formula is C16H22F2N2O. The largest absolute Gasteiger partial charge is 0.350 e. The van der Waals surface area contributed by atoms with Crippen LogP contribution in [0.15, 0.2) is 12.1 Å². The number of aryl methyl sites for hydroxylation is 1. The van der Waals surface area contributed by atoms with E-state index in [9.17, 15) is 13.6 Å². The quantitative estimate of drug-likeness (QED) is 0.900. The molecule has 1 saturated heterocycles. The van der Waals surface area contributed by atoms with Crippen molar-refractivity contribution < 1.29 is 13.6 Å². The molecule has 1 heterocycles. The Morgan fingerprint density at radius 2 is 2.10 bits per heavy atom. The van der Waals surface area contributed by atoms with Crippen LogP contribution in [-0.4, -0.2) is 25.0 Å². The number of amides is 1. The number of rotatable bonds is 3. The fourth-order valence-electron chi connectivity index (χ4n) is 2.74. The fraction of sp³-hybridized carbons (Fsp3) is 0.562. The Morgan fingerprint density at radius 1 is 1.38 bits per heavy atom. The van der Waals surface area contributed by atoms with E-state index in [1.54, 1.807) is 0 Å². The number of carbonyl (C=O) groups excluding carboxylic acids is 1. The molecular weight excluding hydrogens is 274 g/mol. The summed E-state index contributed by atoms with van der Waals surface area (Å²) < 4.78 is 26.9. The molecule has 1 amide bonds. The van der Waals surface area contributed by atoms with E-state index < -0.39 is 17.5 Å². The van der Waals surface area contributed by atoms with Gasteiger partial charge in [-0.2, -0.15) is 0 Å². The van der Waals surface area contributed by atoms with E-state index in [0.717, 1.165) is 25.5 Å². The summed E-state index contributed by atoms with van der Waals surface area (Å²) in [5.74, 6) is -1.97. The minimum Gasteiger partial charge on any atom is -0.350 e. The van der Waals surface area contributed by atoms with E-state index in [4.69, 9.17) is 0 Å². The predicted octanol–water partition coefficient (Wildman–Crippen LogP) is 2.78. The first-order valence-corrected chi connectivity index (χ1v) is 7.28. The number of hydrogen-bond acceptors (Lipinski definition) is 2. The summed E-state index contributed by atoms with van der Waals surface area (Å²) in [6, 6.07) is 2.16. The van der Waals surface area contributed by atoms with Crippen molar-refractivity contribution in [3.8, 4) is 0 Å². The van der Waals surface area contributed by atoms with Crippen molar-refractivity contribution in [2.75, 3.05) is 13.1 Å². The van der Waals surface area contributed by atoms with Crippen LogP contribution in [0.3, 0.4) is 0 Å². The molecule has 3 nitrogen and oxygen atoms in total. The lowest BCUT2D eigenvalue weighted by atomic mass is 9.77. The van der Waals surface area contributed by atoms with Gasteiger partial charge in [0.05, 0.1) is 5.56 Å². The van der Waals surface area contributed by atoms with Gasteiger partial charge in [0.2, 0.25) is 0 Å². The van der Waals surface area contributed by atoms with Crippen molar-refractivity contribution in [3.05, 3.63) is 34.9 Å². The molecule has 0 spiro atoms. The van der Waals surface area contributed by atoms with Crippen molar-refractivity contribution in [2.24, 2.45) is 5.41 Å². The SMILES string of the molecule is Cc1cc(C(=O)NCC2NCCCC2(C)C)c(F)cc1F. The van der Waals surface area contributed by atoms with Gasteiger partial charge in [-0.15, -0.1) is 0 Å². The Bertz CT molecular complexity index is 543. The van der Waals surface area contributed by atoms with Gasteiger partial charge in [-0.25, -0.2) is 8.78 Å². The molecule has 1 unspecified atom stereocenters. The third-order valence-corrected chi connectivity index (χ3v) is 4.29. The first kappa shape index (κ1) is 15.9. The zero-order chi connectivity index (χ0) is 15.6. The number of benzene rings is 1. The average molecular weight is 296 g/mol. The Hall–Kier alpha value is -1.49. The normalized spacial score (nSPS) is 21.1. The Labute approximate surface area is 124 Å². The minimum absolute atomic E-state index is 0.0861. The molecule has 1 fully saturated rings. The maximum Gasteiger partial charge on any atom is 0.254 e. The van der Waals surface area contributed by atoms with Crippen LogP contribution in [0.4, 0.5) is 8.78 Å². The molecule has 1 aromatic rings. The smallest absolute Gasteiger partial charge is 0.254 e. The molecule has 1 aliphatic rings. The topological polar surface area (TPSA) is 41.1 Å². The van der Waals surface area contributed by atoms with Crippen molar-refractivity contribution >= 4 is 5.91 Å². The van der Waals surface area contributed by atoms with Crippen LogP contribution in [-0.2, 0) is 0 Å². The highest BCUT2D eigenvalue weighted by Gasteiger charge is 2.32. The molecule has 0 aliphatic carbocycles. The van der Waals surface area contributed by atoms with E-state index in [-0.39, 0.29) is 22.6 Å². The van der Waals surface area contributed by atoms with Gasteiger partial charge in [0, 0.05) is 18.7 Å². The van der Waals surface area contributed by atoms with Crippen LogP contribution >= 0.6 is 0 Å². The van der Waals surface area contributed by atoms with Crippen LogP contribution in [0, 0.1) is 24.0 Å². The van der Waals surface area contributed by atoms with Gasteiger partial charge in [0.25, 0.3) is 5.91 Å². The average Bonchev–Trinajstić information content (AvgIpc) is 2.41. The second-order valence-corrected chi connectivity index (χ2v) is 6.39. The zero-order valence-corrected chi connectivity index (χ0v) is 12.7. The minimum atomic E-state index is -0.827. The molecule has 116 valence electrons. The number of piperidine rings is 1. The van der Waals surface area contributed by atoms with Crippen LogP contribution < -0.4 is 10.6 Å². The van der Waals surface area contributed by atoms with Gasteiger partial charge in [-0.1, -0.05) is 13.8 Å². The van der Waals surface area contributed by atoms with Gasteiger partial charge in [-0.05, 0) is 43.4 Å². The third-order valence-electron chi connectivity index (χ3n) is 4.29.